The maximum atomic E-state index is 11.3. The van der Waals surface area contributed by atoms with Crippen LogP contribution in [0.2, 0.25) is 0 Å². The van der Waals surface area contributed by atoms with E-state index in [1.54, 1.807) is 0 Å². The molecule has 5 heteroatoms. The maximum absolute atomic E-state index is 11.3. The molecular formula is C8H14N2O3. The van der Waals surface area contributed by atoms with E-state index in [9.17, 15) is 9.59 Å². The first kappa shape index (κ1) is 9.98. The van der Waals surface area contributed by atoms with Gasteiger partial charge in [0, 0.05) is 19.6 Å². The molecule has 0 unspecified atom stereocenters. The molecule has 0 spiro atoms. The summed E-state index contributed by atoms with van der Waals surface area (Å²) in [5.74, 6) is -0.221. The van der Waals surface area contributed by atoms with Gasteiger partial charge in [-0.15, -0.1) is 0 Å². The summed E-state index contributed by atoms with van der Waals surface area (Å²) >= 11 is 0. The fourth-order valence-corrected chi connectivity index (χ4v) is 1.22. The van der Waals surface area contributed by atoms with Crippen LogP contribution in [0.3, 0.4) is 0 Å². The summed E-state index contributed by atoms with van der Waals surface area (Å²) in [7, 11) is 0. The van der Waals surface area contributed by atoms with Gasteiger partial charge in [0.05, 0.1) is 0 Å². The second-order valence-electron chi connectivity index (χ2n) is 3.03. The minimum Gasteiger partial charge on any atom is -0.396 e. The summed E-state index contributed by atoms with van der Waals surface area (Å²) in [6.07, 6.45) is 1.55. The van der Waals surface area contributed by atoms with E-state index in [-0.39, 0.29) is 24.5 Å². The van der Waals surface area contributed by atoms with E-state index >= 15 is 0 Å². The highest BCUT2D eigenvalue weighted by Gasteiger charge is 2.26. The van der Waals surface area contributed by atoms with Gasteiger partial charge in [-0.3, -0.25) is 9.59 Å². The summed E-state index contributed by atoms with van der Waals surface area (Å²) < 4.78 is 0. The van der Waals surface area contributed by atoms with Gasteiger partial charge in [0.2, 0.25) is 11.8 Å². The summed E-state index contributed by atoms with van der Waals surface area (Å²) in [5.41, 5.74) is 0. The third-order valence-corrected chi connectivity index (χ3v) is 1.95. The Labute approximate surface area is 76.5 Å². The van der Waals surface area contributed by atoms with E-state index in [4.69, 9.17) is 5.11 Å². The van der Waals surface area contributed by atoms with Crippen molar-refractivity contribution in [1.29, 1.82) is 0 Å². The van der Waals surface area contributed by atoms with Crippen LogP contribution in [0.5, 0.6) is 0 Å². The largest absolute Gasteiger partial charge is 0.396 e. The first-order valence-electron chi connectivity index (χ1n) is 4.42. The van der Waals surface area contributed by atoms with Crippen molar-refractivity contribution >= 4 is 11.8 Å². The lowest BCUT2D eigenvalue weighted by Crippen LogP contribution is -2.42. The van der Waals surface area contributed by atoms with Crippen LogP contribution in [-0.4, -0.2) is 36.1 Å². The zero-order valence-corrected chi connectivity index (χ0v) is 7.38. The van der Waals surface area contributed by atoms with Crippen molar-refractivity contribution < 1.29 is 14.7 Å². The molecule has 3 N–H and O–H groups in total. The summed E-state index contributed by atoms with van der Waals surface area (Å²) in [6.45, 7) is 0.527. The summed E-state index contributed by atoms with van der Waals surface area (Å²) in [4.78, 5) is 22.0. The lowest BCUT2D eigenvalue weighted by molar-refractivity contribution is -0.125. The van der Waals surface area contributed by atoms with Gasteiger partial charge < -0.3 is 15.7 Å². The number of carbonyl (C=O) groups is 2. The van der Waals surface area contributed by atoms with Crippen molar-refractivity contribution in [2.45, 2.75) is 25.3 Å². The zero-order valence-electron chi connectivity index (χ0n) is 7.38. The Bertz CT molecular complexity index is 206. The highest BCUT2D eigenvalue weighted by atomic mass is 16.3. The van der Waals surface area contributed by atoms with Crippen LogP contribution < -0.4 is 10.6 Å². The highest BCUT2D eigenvalue weighted by molar-refractivity contribution is 5.90. The molecule has 13 heavy (non-hydrogen) atoms. The normalized spacial score (nSPS) is 21.3. The van der Waals surface area contributed by atoms with Gasteiger partial charge in [-0.25, -0.2) is 0 Å². The van der Waals surface area contributed by atoms with Gasteiger partial charge in [-0.1, -0.05) is 0 Å². The number of aliphatic hydroxyl groups is 1. The third kappa shape index (κ3) is 3.02. The fraction of sp³-hybridized carbons (Fsp3) is 0.750. The van der Waals surface area contributed by atoms with E-state index in [0.717, 1.165) is 0 Å². The zero-order chi connectivity index (χ0) is 9.68. The Morgan fingerprint density at radius 2 is 2.46 bits per heavy atom. The van der Waals surface area contributed by atoms with Gasteiger partial charge in [0.15, 0.2) is 0 Å². The third-order valence-electron chi connectivity index (χ3n) is 1.95. The quantitative estimate of drug-likeness (QED) is 0.481. The average Bonchev–Trinajstić information content (AvgIpc) is 2.52. The van der Waals surface area contributed by atoms with Crippen LogP contribution in [0, 0.1) is 0 Å². The number of rotatable bonds is 4. The molecule has 74 valence electrons. The van der Waals surface area contributed by atoms with Gasteiger partial charge in [0.1, 0.15) is 6.04 Å². The Morgan fingerprint density at radius 1 is 1.69 bits per heavy atom. The summed E-state index contributed by atoms with van der Waals surface area (Å²) in [5, 5.41) is 13.7. The molecule has 0 aliphatic carbocycles. The molecule has 1 rings (SSSR count). The second-order valence-corrected chi connectivity index (χ2v) is 3.03. The van der Waals surface area contributed by atoms with Crippen LogP contribution in [0.25, 0.3) is 0 Å². The molecule has 0 saturated carbocycles. The molecule has 0 bridgehead atoms. The van der Waals surface area contributed by atoms with Crippen molar-refractivity contribution in [2.75, 3.05) is 13.2 Å². The van der Waals surface area contributed by atoms with Gasteiger partial charge in [-0.2, -0.15) is 0 Å². The molecule has 1 atom stereocenters. The van der Waals surface area contributed by atoms with E-state index < -0.39 is 0 Å². The Hall–Kier alpha value is -1.10. The standard InChI is InChI=1S/C8H14N2O3/c11-5-1-4-9-8(13)6-2-3-7(12)10-6/h6,11H,1-5H2,(H,9,13)(H,10,12)/t6-/m0/s1. The Balaban J connectivity index is 2.20. The van der Waals surface area contributed by atoms with Crippen molar-refractivity contribution in [3.8, 4) is 0 Å². The minimum absolute atomic E-state index is 0.0668. The number of amides is 2. The molecule has 0 radical (unpaired) electrons. The van der Waals surface area contributed by atoms with Crippen molar-refractivity contribution in [3.63, 3.8) is 0 Å². The molecule has 0 aromatic heterocycles. The molecule has 1 aliphatic heterocycles. The van der Waals surface area contributed by atoms with Crippen molar-refractivity contribution in [2.24, 2.45) is 0 Å². The minimum atomic E-state index is -0.369. The summed E-state index contributed by atoms with van der Waals surface area (Å²) in [6, 6.07) is -0.369. The fourth-order valence-electron chi connectivity index (χ4n) is 1.22. The smallest absolute Gasteiger partial charge is 0.242 e. The van der Waals surface area contributed by atoms with Crippen LogP contribution in [0.1, 0.15) is 19.3 Å². The Morgan fingerprint density at radius 3 is 3.00 bits per heavy atom. The number of hydrogen-bond donors (Lipinski definition) is 3. The number of nitrogens with one attached hydrogen (secondary N) is 2. The number of aliphatic hydroxyl groups excluding tert-OH is 1. The molecule has 0 aromatic carbocycles. The topological polar surface area (TPSA) is 78.4 Å². The predicted octanol–water partition coefficient (Wildman–Crippen LogP) is -1.24. The molecular weight excluding hydrogens is 172 g/mol. The van der Waals surface area contributed by atoms with Gasteiger partial charge in [0.25, 0.3) is 0 Å². The first-order valence-corrected chi connectivity index (χ1v) is 4.42. The number of hydrogen-bond acceptors (Lipinski definition) is 3. The first-order chi connectivity index (χ1) is 6.24. The molecule has 1 saturated heterocycles. The van der Waals surface area contributed by atoms with Crippen LogP contribution in [0.15, 0.2) is 0 Å². The van der Waals surface area contributed by atoms with Crippen LogP contribution in [0.4, 0.5) is 0 Å². The monoisotopic (exact) mass is 186 g/mol. The Kier molecular flexibility index (Phi) is 3.70. The van der Waals surface area contributed by atoms with E-state index in [0.29, 0.717) is 25.8 Å². The molecule has 1 aliphatic rings. The molecule has 1 heterocycles. The molecule has 5 nitrogen and oxygen atoms in total. The average molecular weight is 186 g/mol. The SMILES string of the molecule is O=C1CC[C@@H](C(=O)NCCCO)N1. The molecule has 0 aromatic rings. The maximum Gasteiger partial charge on any atom is 0.242 e. The number of carbonyl (C=O) groups excluding carboxylic acids is 2. The van der Waals surface area contributed by atoms with Gasteiger partial charge in [-0.05, 0) is 12.8 Å². The molecule has 1 fully saturated rings. The second kappa shape index (κ2) is 4.81. The van der Waals surface area contributed by atoms with Gasteiger partial charge >= 0.3 is 0 Å². The predicted molar refractivity (Wildman–Crippen MR) is 45.9 cm³/mol. The van der Waals surface area contributed by atoms with Crippen molar-refractivity contribution in [3.05, 3.63) is 0 Å². The van der Waals surface area contributed by atoms with Crippen molar-refractivity contribution in [1.82, 2.24) is 10.6 Å². The van der Waals surface area contributed by atoms with E-state index in [2.05, 4.69) is 10.6 Å². The highest BCUT2D eigenvalue weighted by Crippen LogP contribution is 2.05. The van der Waals surface area contributed by atoms with E-state index in [1.807, 2.05) is 0 Å². The molecule has 2 amide bonds. The van der Waals surface area contributed by atoms with Crippen LogP contribution >= 0.6 is 0 Å². The van der Waals surface area contributed by atoms with E-state index in [1.165, 1.54) is 0 Å². The van der Waals surface area contributed by atoms with Crippen LogP contribution in [-0.2, 0) is 9.59 Å². The lowest BCUT2D eigenvalue weighted by atomic mass is 10.2. The lowest BCUT2D eigenvalue weighted by Gasteiger charge is -2.09.